The molecule has 5 nitrogen and oxygen atoms in total. The van der Waals surface area contributed by atoms with Crippen LogP contribution in [-0.4, -0.2) is 34.2 Å². The Balaban J connectivity index is 1.59. The molecule has 0 spiro atoms. The molecule has 2 heterocycles. The van der Waals surface area contributed by atoms with E-state index in [9.17, 15) is 9.90 Å². The minimum absolute atomic E-state index is 0.134. The van der Waals surface area contributed by atoms with Gasteiger partial charge >= 0.3 is 0 Å². The van der Waals surface area contributed by atoms with E-state index in [4.69, 9.17) is 16.1 Å². The Kier molecular flexibility index (Phi) is 4.68. The largest absolute Gasteiger partial charge is 0.388 e. The molecule has 3 rings (SSSR count). The topological polar surface area (TPSA) is 66.6 Å². The molecule has 23 heavy (non-hydrogen) atoms. The number of hydrogen-bond acceptors (Lipinski definition) is 4. The summed E-state index contributed by atoms with van der Waals surface area (Å²) in [5.41, 5.74) is 1.56. The molecule has 2 aromatic rings. The summed E-state index contributed by atoms with van der Waals surface area (Å²) in [7, 11) is 0. The van der Waals surface area contributed by atoms with Crippen molar-refractivity contribution in [2.45, 2.75) is 25.9 Å². The van der Waals surface area contributed by atoms with Crippen LogP contribution >= 0.6 is 11.6 Å². The number of likely N-dealkylation sites (tertiary alicyclic amines) is 1. The third-order valence-electron chi connectivity index (χ3n) is 4.32. The lowest BCUT2D eigenvalue weighted by Crippen LogP contribution is -2.39. The number of hydrogen-bond donors (Lipinski definition) is 1. The SMILES string of the molecule is Cc1cc(C(=O)N2CCC(C(O)c3ccc(Cl)cc3)CC2)on1. The Labute approximate surface area is 139 Å². The first-order chi connectivity index (χ1) is 11.0. The van der Waals surface area contributed by atoms with Crippen molar-refractivity contribution >= 4 is 17.5 Å². The van der Waals surface area contributed by atoms with E-state index in [0.29, 0.717) is 23.8 Å². The molecule has 1 aliphatic heterocycles. The number of aryl methyl sites for hydroxylation is 1. The molecule has 122 valence electrons. The van der Waals surface area contributed by atoms with Gasteiger partial charge in [0.25, 0.3) is 5.91 Å². The molecule has 0 saturated carbocycles. The minimum atomic E-state index is -0.531. The normalized spacial score (nSPS) is 17.3. The molecule has 1 aromatic carbocycles. The Hall–Kier alpha value is -1.85. The number of nitrogens with zero attached hydrogens (tertiary/aromatic N) is 2. The standard InChI is InChI=1S/C17H19ClN2O3/c1-11-10-15(23-19-11)17(22)20-8-6-13(7-9-20)16(21)12-2-4-14(18)5-3-12/h2-5,10,13,16,21H,6-9H2,1H3. The second-order valence-electron chi connectivity index (χ2n) is 5.96. The zero-order valence-corrected chi connectivity index (χ0v) is 13.7. The molecule has 0 bridgehead atoms. The highest BCUT2D eigenvalue weighted by molar-refractivity contribution is 6.30. The van der Waals surface area contributed by atoms with E-state index in [0.717, 1.165) is 18.4 Å². The number of aliphatic hydroxyl groups excluding tert-OH is 1. The first-order valence-corrected chi connectivity index (χ1v) is 8.08. The van der Waals surface area contributed by atoms with Crippen molar-refractivity contribution in [3.63, 3.8) is 0 Å². The van der Waals surface area contributed by atoms with Crippen molar-refractivity contribution in [2.75, 3.05) is 13.1 Å². The van der Waals surface area contributed by atoms with Gasteiger partial charge in [0.05, 0.1) is 11.8 Å². The fraction of sp³-hybridized carbons (Fsp3) is 0.412. The molecule has 1 aromatic heterocycles. The van der Waals surface area contributed by atoms with Crippen molar-refractivity contribution < 1.29 is 14.4 Å². The molecule has 1 N–H and O–H groups in total. The van der Waals surface area contributed by atoms with E-state index >= 15 is 0 Å². The maximum absolute atomic E-state index is 12.3. The lowest BCUT2D eigenvalue weighted by atomic mass is 9.87. The highest BCUT2D eigenvalue weighted by Gasteiger charge is 2.29. The number of carbonyl (C=O) groups is 1. The van der Waals surface area contributed by atoms with Gasteiger partial charge in [0.2, 0.25) is 5.76 Å². The smallest absolute Gasteiger partial charge is 0.292 e. The summed E-state index contributed by atoms with van der Waals surface area (Å²) in [4.78, 5) is 14.1. The van der Waals surface area contributed by atoms with Crippen molar-refractivity contribution in [1.29, 1.82) is 0 Å². The fourth-order valence-corrected chi connectivity index (χ4v) is 3.10. The van der Waals surface area contributed by atoms with Gasteiger partial charge in [0, 0.05) is 24.2 Å². The van der Waals surface area contributed by atoms with Crippen LogP contribution in [0.3, 0.4) is 0 Å². The van der Waals surface area contributed by atoms with Crippen LogP contribution < -0.4 is 0 Å². The van der Waals surface area contributed by atoms with E-state index in [-0.39, 0.29) is 17.6 Å². The lowest BCUT2D eigenvalue weighted by molar-refractivity contribution is 0.0437. The number of aliphatic hydroxyl groups is 1. The zero-order valence-electron chi connectivity index (χ0n) is 12.9. The van der Waals surface area contributed by atoms with Gasteiger partial charge in [-0.2, -0.15) is 0 Å². The molecular formula is C17H19ClN2O3. The molecule has 1 unspecified atom stereocenters. The van der Waals surface area contributed by atoms with Gasteiger partial charge in [-0.3, -0.25) is 4.79 Å². The predicted octanol–water partition coefficient (Wildman–Crippen LogP) is 3.22. The second kappa shape index (κ2) is 6.72. The van der Waals surface area contributed by atoms with Gasteiger partial charge in [-0.05, 0) is 43.4 Å². The quantitative estimate of drug-likeness (QED) is 0.935. The maximum atomic E-state index is 12.3. The number of halogens is 1. The van der Waals surface area contributed by atoms with E-state index in [2.05, 4.69) is 5.16 Å². The average Bonchev–Trinajstić information content (AvgIpc) is 3.01. The minimum Gasteiger partial charge on any atom is -0.388 e. The van der Waals surface area contributed by atoms with Gasteiger partial charge < -0.3 is 14.5 Å². The van der Waals surface area contributed by atoms with Gasteiger partial charge in [0.15, 0.2) is 0 Å². The molecule has 6 heteroatoms. The fourth-order valence-electron chi connectivity index (χ4n) is 2.97. The number of piperidine rings is 1. The van der Waals surface area contributed by atoms with E-state index < -0.39 is 6.10 Å². The van der Waals surface area contributed by atoms with Gasteiger partial charge in [0.1, 0.15) is 0 Å². The molecule has 1 saturated heterocycles. The first-order valence-electron chi connectivity index (χ1n) is 7.70. The number of rotatable bonds is 3. The summed E-state index contributed by atoms with van der Waals surface area (Å²) < 4.78 is 5.03. The van der Waals surface area contributed by atoms with Crippen LogP contribution in [0.4, 0.5) is 0 Å². The molecular weight excluding hydrogens is 316 g/mol. The van der Waals surface area contributed by atoms with Crippen LogP contribution in [0.15, 0.2) is 34.9 Å². The molecule has 1 aliphatic rings. The van der Waals surface area contributed by atoms with Crippen LogP contribution in [0.25, 0.3) is 0 Å². The highest BCUT2D eigenvalue weighted by atomic mass is 35.5. The Morgan fingerprint density at radius 2 is 2.00 bits per heavy atom. The first kappa shape index (κ1) is 16.0. The average molecular weight is 335 g/mol. The van der Waals surface area contributed by atoms with Crippen molar-refractivity contribution in [3.05, 3.63) is 52.4 Å². The van der Waals surface area contributed by atoms with Crippen LogP contribution in [0, 0.1) is 12.8 Å². The molecule has 1 atom stereocenters. The second-order valence-corrected chi connectivity index (χ2v) is 6.39. The van der Waals surface area contributed by atoms with Crippen LogP contribution in [0.5, 0.6) is 0 Å². The van der Waals surface area contributed by atoms with E-state index in [1.165, 1.54) is 0 Å². The van der Waals surface area contributed by atoms with E-state index in [1.54, 1.807) is 30.0 Å². The third kappa shape index (κ3) is 3.57. The van der Waals surface area contributed by atoms with Crippen molar-refractivity contribution in [2.24, 2.45) is 5.92 Å². The number of aromatic nitrogens is 1. The van der Waals surface area contributed by atoms with Gasteiger partial charge in [-0.1, -0.05) is 28.9 Å². The maximum Gasteiger partial charge on any atom is 0.292 e. The number of benzene rings is 1. The molecule has 0 aliphatic carbocycles. The van der Waals surface area contributed by atoms with Crippen molar-refractivity contribution in [1.82, 2.24) is 10.1 Å². The third-order valence-corrected chi connectivity index (χ3v) is 4.58. The van der Waals surface area contributed by atoms with Crippen LogP contribution in [0.1, 0.15) is 40.8 Å². The predicted molar refractivity (Wildman–Crippen MR) is 86.3 cm³/mol. The monoisotopic (exact) mass is 334 g/mol. The number of carbonyl (C=O) groups excluding carboxylic acids is 1. The highest BCUT2D eigenvalue weighted by Crippen LogP contribution is 2.31. The van der Waals surface area contributed by atoms with E-state index in [1.807, 2.05) is 12.1 Å². The zero-order chi connectivity index (χ0) is 16.4. The summed E-state index contributed by atoms with van der Waals surface area (Å²) in [6.45, 7) is 3.00. The Morgan fingerprint density at radius 3 is 2.57 bits per heavy atom. The van der Waals surface area contributed by atoms with Gasteiger partial charge in [-0.25, -0.2) is 0 Å². The summed E-state index contributed by atoms with van der Waals surface area (Å²) in [5.74, 6) is 0.279. The van der Waals surface area contributed by atoms with Crippen molar-refractivity contribution in [3.8, 4) is 0 Å². The van der Waals surface area contributed by atoms with Crippen LogP contribution in [-0.2, 0) is 0 Å². The Morgan fingerprint density at radius 1 is 1.35 bits per heavy atom. The Bertz CT molecular complexity index is 675. The van der Waals surface area contributed by atoms with Crippen LogP contribution in [0.2, 0.25) is 5.02 Å². The molecule has 0 radical (unpaired) electrons. The number of amides is 1. The molecule has 1 fully saturated rings. The summed E-state index contributed by atoms with van der Waals surface area (Å²) in [5, 5.41) is 14.9. The summed E-state index contributed by atoms with van der Waals surface area (Å²) in [6.07, 6.45) is 0.975. The van der Waals surface area contributed by atoms with Gasteiger partial charge in [-0.15, -0.1) is 0 Å². The molecule has 1 amide bonds. The lowest BCUT2D eigenvalue weighted by Gasteiger charge is -2.33. The summed E-state index contributed by atoms with van der Waals surface area (Å²) >= 11 is 5.88. The summed E-state index contributed by atoms with van der Waals surface area (Å²) in [6, 6.07) is 8.91.